The summed E-state index contributed by atoms with van der Waals surface area (Å²) in [6.45, 7) is -0.957. The molecule has 0 rings (SSSR count). The van der Waals surface area contributed by atoms with Crippen molar-refractivity contribution in [1.82, 2.24) is 44.1 Å². The fraction of sp³-hybridized carbons (Fsp3) is 0.714. The van der Waals surface area contributed by atoms with E-state index in [0.29, 0.717) is 25.7 Å². The van der Waals surface area contributed by atoms with Gasteiger partial charge < -0.3 is 44.1 Å². The standard InChI is InChI=1S/C35H60N12O10/c1-11-14-27(49)40(3)18-29(51)42(5)20-31(53)44(7)22-33(55)46(9)24-35(57)47(10)25-34(56)45(8)23-32(54)43(6)21-30(52)41(4)19-28(50)39(2)17-26(48)15-12-13-16-37-38-36/h11-25H2,1-10H3. The van der Waals surface area contributed by atoms with Gasteiger partial charge in [0.05, 0.1) is 58.9 Å². The van der Waals surface area contributed by atoms with E-state index in [1.165, 1.54) is 73.2 Å². The lowest BCUT2D eigenvalue weighted by Gasteiger charge is -2.27. The summed E-state index contributed by atoms with van der Waals surface area (Å²) in [6.07, 6.45) is 2.19. The SMILES string of the molecule is CCCC(=O)N(C)CC(=O)N(C)CC(=O)N(C)CC(=O)N(C)CC(=O)N(C)CC(=O)N(C)CC(=O)N(C)CC(=O)N(C)CC(=O)N(C)CC(=O)CCCCN=[N+]=[N-]. The first-order valence-electron chi connectivity index (χ1n) is 18.2. The molecule has 9 amide bonds. The number of nitrogens with zero attached hydrogens (tertiary/aromatic N) is 12. The molecule has 0 saturated carbocycles. The summed E-state index contributed by atoms with van der Waals surface area (Å²) < 4.78 is 0. The molecule has 0 heterocycles. The Hall–Kier alpha value is -5.79. The maximum Gasteiger partial charge on any atom is 0.242 e. The molecule has 0 saturated heterocycles. The number of hydrogen-bond donors (Lipinski definition) is 0. The van der Waals surface area contributed by atoms with Crippen molar-refractivity contribution in [1.29, 1.82) is 0 Å². The Labute approximate surface area is 334 Å². The Bertz CT molecular complexity index is 1520. The van der Waals surface area contributed by atoms with Crippen LogP contribution in [0.4, 0.5) is 0 Å². The average molecular weight is 809 g/mol. The van der Waals surface area contributed by atoms with Gasteiger partial charge in [0.15, 0.2) is 5.78 Å². The molecule has 0 aromatic heterocycles. The van der Waals surface area contributed by atoms with Gasteiger partial charge in [-0.15, -0.1) is 0 Å². The van der Waals surface area contributed by atoms with E-state index in [4.69, 9.17) is 5.53 Å². The minimum Gasteiger partial charge on any atom is -0.337 e. The topological polar surface area (TPSA) is 249 Å². The van der Waals surface area contributed by atoms with E-state index in [9.17, 15) is 47.9 Å². The average Bonchev–Trinajstić information content (AvgIpc) is 3.13. The monoisotopic (exact) mass is 808 g/mol. The Kier molecular flexibility index (Phi) is 23.5. The van der Waals surface area contributed by atoms with Crippen molar-refractivity contribution in [2.75, 3.05) is 129 Å². The molecule has 0 bridgehead atoms. The number of likely N-dealkylation sites (N-methyl/N-ethyl adjacent to an activating group) is 9. The van der Waals surface area contributed by atoms with E-state index >= 15 is 0 Å². The zero-order valence-electron chi connectivity index (χ0n) is 35.1. The Morgan fingerprint density at radius 3 is 0.877 bits per heavy atom. The number of unbranched alkanes of at least 4 members (excludes halogenated alkanes) is 1. The second-order valence-electron chi connectivity index (χ2n) is 13.9. The molecular formula is C35H60N12O10. The van der Waals surface area contributed by atoms with Crippen LogP contribution in [-0.2, 0) is 47.9 Å². The third-order valence-corrected chi connectivity index (χ3v) is 8.72. The van der Waals surface area contributed by atoms with Crippen LogP contribution in [0.25, 0.3) is 10.4 Å². The van der Waals surface area contributed by atoms with E-state index in [1.54, 1.807) is 0 Å². The first-order chi connectivity index (χ1) is 26.5. The lowest BCUT2D eigenvalue weighted by Crippen LogP contribution is -2.49. The van der Waals surface area contributed by atoms with Gasteiger partial charge in [-0.3, -0.25) is 47.9 Å². The molecule has 0 aliphatic carbocycles. The molecule has 0 unspecified atom stereocenters. The molecule has 0 aliphatic rings. The smallest absolute Gasteiger partial charge is 0.242 e. The molecule has 0 fully saturated rings. The molecule has 0 aromatic carbocycles. The number of Topliss-reactive ketones (excluding diaryl/α,β-unsaturated/α-hetero) is 1. The van der Waals surface area contributed by atoms with Gasteiger partial charge in [0.1, 0.15) is 0 Å². The Balaban J connectivity index is 4.81. The van der Waals surface area contributed by atoms with E-state index in [0.717, 1.165) is 34.3 Å². The zero-order chi connectivity index (χ0) is 44.0. The van der Waals surface area contributed by atoms with Crippen LogP contribution in [0.15, 0.2) is 5.11 Å². The largest absolute Gasteiger partial charge is 0.337 e. The summed E-state index contributed by atoms with van der Waals surface area (Å²) in [5.74, 6) is -4.80. The van der Waals surface area contributed by atoms with Crippen LogP contribution in [0.2, 0.25) is 0 Å². The Morgan fingerprint density at radius 2 is 0.632 bits per heavy atom. The van der Waals surface area contributed by atoms with Gasteiger partial charge >= 0.3 is 0 Å². The number of ketones is 1. The molecule has 0 aromatic rings. The van der Waals surface area contributed by atoms with Crippen LogP contribution in [0.1, 0.15) is 39.0 Å². The van der Waals surface area contributed by atoms with Crippen molar-refractivity contribution in [3.8, 4) is 0 Å². The molecule has 0 aliphatic heterocycles. The highest BCUT2D eigenvalue weighted by Gasteiger charge is 2.26. The normalized spacial score (nSPS) is 10.3. The molecule has 0 atom stereocenters. The highest BCUT2D eigenvalue weighted by molar-refractivity contribution is 5.93. The van der Waals surface area contributed by atoms with Gasteiger partial charge in [0.25, 0.3) is 0 Å². The van der Waals surface area contributed by atoms with Gasteiger partial charge in [0.2, 0.25) is 53.2 Å². The molecule has 22 heteroatoms. The van der Waals surface area contributed by atoms with Crippen LogP contribution >= 0.6 is 0 Å². The number of carbonyl (C=O) groups excluding carboxylic acids is 10. The van der Waals surface area contributed by atoms with Crippen molar-refractivity contribution in [2.45, 2.75) is 39.0 Å². The van der Waals surface area contributed by atoms with E-state index in [-0.39, 0.29) is 50.8 Å². The third-order valence-electron chi connectivity index (χ3n) is 8.72. The third kappa shape index (κ3) is 20.1. The molecule has 320 valence electrons. The lowest BCUT2D eigenvalue weighted by molar-refractivity contribution is -0.146. The summed E-state index contributed by atoms with van der Waals surface area (Å²) in [5, 5.41) is 3.40. The molecule has 22 nitrogen and oxygen atoms in total. The number of rotatable bonds is 25. The quantitative estimate of drug-likeness (QED) is 0.0423. The molecular weight excluding hydrogens is 748 g/mol. The predicted molar refractivity (Wildman–Crippen MR) is 207 cm³/mol. The number of amides is 9. The van der Waals surface area contributed by atoms with Crippen LogP contribution in [0.5, 0.6) is 0 Å². The summed E-state index contributed by atoms with van der Waals surface area (Å²) in [4.78, 5) is 139. The second kappa shape index (κ2) is 26.1. The minimum absolute atomic E-state index is 0.149. The van der Waals surface area contributed by atoms with Crippen molar-refractivity contribution < 1.29 is 47.9 Å². The van der Waals surface area contributed by atoms with Crippen molar-refractivity contribution in [3.05, 3.63) is 10.4 Å². The van der Waals surface area contributed by atoms with Crippen LogP contribution < -0.4 is 0 Å². The highest BCUT2D eigenvalue weighted by Crippen LogP contribution is 2.02. The van der Waals surface area contributed by atoms with E-state index in [2.05, 4.69) is 10.0 Å². The fourth-order valence-corrected chi connectivity index (χ4v) is 4.68. The van der Waals surface area contributed by atoms with Gasteiger partial charge in [-0.05, 0) is 24.8 Å². The molecule has 0 radical (unpaired) electrons. The molecule has 57 heavy (non-hydrogen) atoms. The maximum atomic E-state index is 12.8. The van der Waals surface area contributed by atoms with Gasteiger partial charge in [-0.1, -0.05) is 12.0 Å². The summed E-state index contributed by atoms with van der Waals surface area (Å²) in [6, 6.07) is 0. The summed E-state index contributed by atoms with van der Waals surface area (Å²) in [7, 11) is 12.5. The van der Waals surface area contributed by atoms with Gasteiger partial charge in [-0.2, -0.15) is 0 Å². The van der Waals surface area contributed by atoms with Crippen LogP contribution in [0.3, 0.4) is 0 Å². The van der Waals surface area contributed by atoms with Crippen molar-refractivity contribution >= 4 is 58.9 Å². The first-order valence-corrected chi connectivity index (χ1v) is 18.2. The van der Waals surface area contributed by atoms with E-state index < -0.39 is 80.0 Å². The fourth-order valence-electron chi connectivity index (χ4n) is 4.68. The Morgan fingerprint density at radius 1 is 0.386 bits per heavy atom. The van der Waals surface area contributed by atoms with Gasteiger partial charge in [0, 0.05) is 87.7 Å². The zero-order valence-corrected chi connectivity index (χ0v) is 35.1. The van der Waals surface area contributed by atoms with E-state index in [1.807, 2.05) is 6.92 Å². The number of carbonyl (C=O) groups is 10. The van der Waals surface area contributed by atoms with Crippen LogP contribution in [-0.4, -0.2) is 232 Å². The van der Waals surface area contributed by atoms with Crippen molar-refractivity contribution in [2.24, 2.45) is 5.11 Å². The predicted octanol–water partition coefficient (Wildman–Crippen LogP) is -2.04. The first kappa shape index (κ1) is 51.2. The van der Waals surface area contributed by atoms with Gasteiger partial charge in [-0.25, -0.2) is 0 Å². The summed E-state index contributed by atoms with van der Waals surface area (Å²) >= 11 is 0. The number of hydrogen-bond acceptors (Lipinski definition) is 11. The second-order valence-corrected chi connectivity index (χ2v) is 13.9. The summed E-state index contributed by atoms with van der Waals surface area (Å²) in [5.41, 5.74) is 8.29. The maximum absolute atomic E-state index is 12.8. The minimum atomic E-state index is -0.603. The van der Waals surface area contributed by atoms with Crippen LogP contribution in [0, 0.1) is 0 Å². The lowest BCUT2D eigenvalue weighted by atomic mass is 10.1. The molecule has 0 spiro atoms. The molecule has 0 N–H and O–H groups in total. The number of azide groups is 1. The van der Waals surface area contributed by atoms with Crippen molar-refractivity contribution in [3.63, 3.8) is 0 Å². The highest BCUT2D eigenvalue weighted by atomic mass is 16.2.